The van der Waals surface area contributed by atoms with E-state index in [1.165, 1.54) is 37.4 Å². The van der Waals surface area contributed by atoms with Gasteiger partial charge in [-0.05, 0) is 73.6 Å². The molecule has 0 spiro atoms. The van der Waals surface area contributed by atoms with Gasteiger partial charge in [0, 0.05) is 30.7 Å². The average Bonchev–Trinajstić information content (AvgIpc) is 3.43. The van der Waals surface area contributed by atoms with Crippen molar-refractivity contribution in [2.24, 2.45) is 17.8 Å². The summed E-state index contributed by atoms with van der Waals surface area (Å²) in [7, 11) is 0. The molecule has 2 unspecified atom stereocenters. The molecule has 0 radical (unpaired) electrons. The van der Waals surface area contributed by atoms with E-state index in [1.54, 1.807) is 6.20 Å². The van der Waals surface area contributed by atoms with E-state index in [2.05, 4.69) is 49.8 Å². The number of benzene rings is 1. The van der Waals surface area contributed by atoms with Crippen LogP contribution in [0.4, 0.5) is 5.82 Å². The quantitative estimate of drug-likeness (QED) is 0.539. The Kier molecular flexibility index (Phi) is 5.65. The van der Waals surface area contributed by atoms with E-state index in [9.17, 15) is 4.79 Å². The first-order valence-corrected chi connectivity index (χ1v) is 12.6. The SMILES string of the molecule is Cc1nc(CNC(=O)c2cncc(N3CC4CC4C3)n2)cc2cc(CNCC3CCC3)ccc12. The minimum atomic E-state index is -0.216. The number of piperidine rings is 1. The number of pyridine rings is 1. The fraction of sp³-hybridized carbons (Fsp3) is 0.481. The standard InChI is InChI=1S/C27H32N6O/c1-17-24-6-5-19(11-28-10-18-3-2-4-18)7-20(24)9-23(31-17)12-30-27(34)25-13-29-14-26(32-25)33-15-21-8-22(21)16-33/h5-7,9,13-14,18,21-22,28H,2-4,8,10-12,15-16H2,1H3,(H,30,34). The summed E-state index contributed by atoms with van der Waals surface area (Å²) in [6.45, 7) is 6.43. The second-order valence-electron chi connectivity index (χ2n) is 10.3. The highest BCUT2D eigenvalue weighted by Gasteiger charge is 2.45. The molecule has 1 amide bonds. The predicted octanol–water partition coefficient (Wildman–Crippen LogP) is 3.61. The second-order valence-corrected chi connectivity index (χ2v) is 10.3. The number of aromatic nitrogens is 3. The molecule has 176 valence electrons. The summed E-state index contributed by atoms with van der Waals surface area (Å²) in [5.41, 5.74) is 3.46. The first kappa shape index (κ1) is 21.5. The fourth-order valence-corrected chi connectivity index (χ4v) is 5.33. The van der Waals surface area contributed by atoms with Crippen LogP contribution >= 0.6 is 0 Å². The Morgan fingerprint density at radius 1 is 1.09 bits per heavy atom. The van der Waals surface area contributed by atoms with Crippen molar-refractivity contribution >= 4 is 22.5 Å². The third-order valence-electron chi connectivity index (χ3n) is 7.71. The number of fused-ring (bicyclic) bond motifs is 2. The molecule has 3 aliphatic rings. The van der Waals surface area contributed by atoms with Crippen LogP contribution in [0.3, 0.4) is 0 Å². The van der Waals surface area contributed by atoms with E-state index in [0.29, 0.717) is 12.2 Å². The zero-order valence-corrected chi connectivity index (χ0v) is 19.8. The Hall–Kier alpha value is -3.06. The highest BCUT2D eigenvalue weighted by Crippen LogP contribution is 2.45. The van der Waals surface area contributed by atoms with Crippen LogP contribution in [0.15, 0.2) is 36.7 Å². The number of hydrogen-bond donors (Lipinski definition) is 2. The summed E-state index contributed by atoms with van der Waals surface area (Å²) in [5.74, 6) is 3.06. The summed E-state index contributed by atoms with van der Waals surface area (Å²) in [4.78, 5) is 28.6. The van der Waals surface area contributed by atoms with Crippen LogP contribution in [0.5, 0.6) is 0 Å². The van der Waals surface area contributed by atoms with Gasteiger partial charge in [-0.2, -0.15) is 0 Å². The minimum absolute atomic E-state index is 0.216. The number of carbonyl (C=O) groups is 1. The maximum atomic E-state index is 12.8. The maximum Gasteiger partial charge on any atom is 0.271 e. The van der Waals surface area contributed by atoms with Crippen LogP contribution in [0, 0.1) is 24.7 Å². The monoisotopic (exact) mass is 456 g/mol. The van der Waals surface area contributed by atoms with Crippen molar-refractivity contribution in [3.8, 4) is 0 Å². The lowest BCUT2D eigenvalue weighted by Crippen LogP contribution is -2.27. The summed E-state index contributed by atoms with van der Waals surface area (Å²) in [5, 5.41) is 8.89. The highest BCUT2D eigenvalue weighted by atomic mass is 16.1. The largest absolute Gasteiger partial charge is 0.355 e. The topological polar surface area (TPSA) is 83.0 Å². The maximum absolute atomic E-state index is 12.8. The lowest BCUT2D eigenvalue weighted by atomic mass is 9.85. The molecule has 3 heterocycles. The first-order valence-electron chi connectivity index (χ1n) is 12.6. The van der Waals surface area contributed by atoms with Crippen molar-refractivity contribution in [3.63, 3.8) is 0 Å². The van der Waals surface area contributed by atoms with Gasteiger partial charge in [0.2, 0.25) is 0 Å². The van der Waals surface area contributed by atoms with Crippen molar-refractivity contribution in [1.29, 1.82) is 0 Å². The molecule has 1 aromatic carbocycles. The molecule has 2 aromatic heterocycles. The van der Waals surface area contributed by atoms with Crippen molar-refractivity contribution in [3.05, 3.63) is 59.3 Å². The van der Waals surface area contributed by atoms with Gasteiger partial charge in [-0.1, -0.05) is 18.6 Å². The Morgan fingerprint density at radius 2 is 1.94 bits per heavy atom. The molecule has 1 saturated heterocycles. The minimum Gasteiger partial charge on any atom is -0.355 e. The lowest BCUT2D eigenvalue weighted by molar-refractivity contribution is 0.0945. The van der Waals surface area contributed by atoms with Gasteiger partial charge in [0.25, 0.3) is 5.91 Å². The Morgan fingerprint density at radius 3 is 2.74 bits per heavy atom. The fourth-order valence-electron chi connectivity index (χ4n) is 5.33. The summed E-state index contributed by atoms with van der Waals surface area (Å²) < 4.78 is 0. The molecule has 34 heavy (non-hydrogen) atoms. The third kappa shape index (κ3) is 4.49. The number of carbonyl (C=O) groups excluding carboxylic acids is 1. The zero-order valence-electron chi connectivity index (χ0n) is 19.8. The van der Waals surface area contributed by atoms with Crippen LogP contribution in [-0.4, -0.2) is 40.5 Å². The van der Waals surface area contributed by atoms with E-state index >= 15 is 0 Å². The number of anilines is 1. The van der Waals surface area contributed by atoms with E-state index < -0.39 is 0 Å². The molecule has 2 saturated carbocycles. The molecule has 2 aliphatic carbocycles. The van der Waals surface area contributed by atoms with Gasteiger partial charge in [-0.3, -0.25) is 14.8 Å². The molecule has 3 fully saturated rings. The number of hydrogen-bond acceptors (Lipinski definition) is 6. The van der Waals surface area contributed by atoms with Crippen LogP contribution in [0.25, 0.3) is 10.8 Å². The van der Waals surface area contributed by atoms with Crippen LogP contribution in [0.2, 0.25) is 0 Å². The summed E-state index contributed by atoms with van der Waals surface area (Å²) in [6.07, 6.45) is 8.73. The Labute approximate surface area is 200 Å². The smallest absolute Gasteiger partial charge is 0.271 e. The van der Waals surface area contributed by atoms with Gasteiger partial charge in [-0.15, -0.1) is 0 Å². The van der Waals surface area contributed by atoms with Crippen LogP contribution < -0.4 is 15.5 Å². The molecule has 7 nitrogen and oxygen atoms in total. The molecule has 2 N–H and O–H groups in total. The van der Waals surface area contributed by atoms with Gasteiger partial charge in [0.15, 0.2) is 0 Å². The number of aryl methyl sites for hydroxylation is 1. The highest BCUT2D eigenvalue weighted by molar-refractivity contribution is 5.92. The predicted molar refractivity (Wildman–Crippen MR) is 133 cm³/mol. The molecule has 2 atom stereocenters. The Bertz CT molecular complexity index is 1210. The Balaban J connectivity index is 1.10. The number of nitrogens with zero attached hydrogens (tertiary/aromatic N) is 4. The van der Waals surface area contributed by atoms with Gasteiger partial charge in [-0.25, -0.2) is 4.98 Å². The molecule has 1 aliphatic heterocycles. The molecule has 0 bridgehead atoms. The summed E-state index contributed by atoms with van der Waals surface area (Å²) >= 11 is 0. The molecular weight excluding hydrogens is 424 g/mol. The van der Waals surface area contributed by atoms with E-state index in [0.717, 1.165) is 71.9 Å². The number of nitrogens with one attached hydrogen (secondary N) is 2. The van der Waals surface area contributed by atoms with Gasteiger partial charge in [0.05, 0.1) is 24.6 Å². The second kappa shape index (κ2) is 8.95. The number of amides is 1. The van der Waals surface area contributed by atoms with Crippen LogP contribution in [-0.2, 0) is 13.1 Å². The normalized spacial score (nSPS) is 21.4. The van der Waals surface area contributed by atoms with Gasteiger partial charge >= 0.3 is 0 Å². The molecule has 7 heteroatoms. The van der Waals surface area contributed by atoms with Crippen molar-refractivity contribution < 1.29 is 4.79 Å². The van der Waals surface area contributed by atoms with Crippen molar-refractivity contribution in [1.82, 2.24) is 25.6 Å². The molecular formula is C27H32N6O. The van der Waals surface area contributed by atoms with Crippen molar-refractivity contribution in [2.75, 3.05) is 24.5 Å². The third-order valence-corrected chi connectivity index (χ3v) is 7.71. The average molecular weight is 457 g/mol. The van der Waals surface area contributed by atoms with E-state index in [-0.39, 0.29) is 5.91 Å². The first-order chi connectivity index (χ1) is 16.6. The van der Waals surface area contributed by atoms with Gasteiger partial charge in [0.1, 0.15) is 11.5 Å². The van der Waals surface area contributed by atoms with E-state index in [4.69, 9.17) is 4.98 Å². The van der Waals surface area contributed by atoms with Crippen LogP contribution in [0.1, 0.15) is 53.1 Å². The lowest BCUT2D eigenvalue weighted by Gasteiger charge is -2.25. The molecule has 6 rings (SSSR count). The summed E-state index contributed by atoms with van der Waals surface area (Å²) in [6, 6.07) is 8.65. The number of rotatable bonds is 8. The molecule has 3 aromatic rings. The van der Waals surface area contributed by atoms with Crippen molar-refractivity contribution in [2.45, 2.75) is 45.7 Å². The van der Waals surface area contributed by atoms with E-state index in [1.807, 2.05) is 6.92 Å². The van der Waals surface area contributed by atoms with Gasteiger partial charge < -0.3 is 15.5 Å². The zero-order chi connectivity index (χ0) is 23.1.